The molecule has 0 saturated carbocycles. The molecule has 0 aliphatic rings. The van der Waals surface area contributed by atoms with Crippen LogP contribution in [0.4, 0.5) is 0 Å². The van der Waals surface area contributed by atoms with Gasteiger partial charge in [-0.2, -0.15) is 0 Å². The van der Waals surface area contributed by atoms with Crippen LogP contribution in [0, 0.1) is 0 Å². The molecule has 0 unspecified atom stereocenters. The molecule has 0 atom stereocenters. The molecule has 12 heavy (non-hydrogen) atoms. The number of nitrogens with zero attached hydrogens (tertiary/aromatic N) is 1. The number of rotatable bonds is 0. The smallest absolute Gasteiger partial charge is 0.871 e. The zero-order valence-electron chi connectivity index (χ0n) is 6.82. The van der Waals surface area contributed by atoms with Crippen LogP contribution in [0.3, 0.4) is 0 Å². The Bertz CT molecular complexity index is 384. The zero-order chi connectivity index (χ0) is 7.68. The van der Waals surface area contributed by atoms with Crippen molar-refractivity contribution in [1.29, 1.82) is 0 Å². The van der Waals surface area contributed by atoms with E-state index in [1.165, 1.54) is 6.07 Å². The second-order valence-corrected chi connectivity index (χ2v) is 2.33. The summed E-state index contributed by atoms with van der Waals surface area (Å²) in [7, 11) is 0. The maximum Gasteiger partial charge on any atom is 1.00 e. The van der Waals surface area contributed by atoms with Gasteiger partial charge in [-0.05, 0) is 11.5 Å². The van der Waals surface area contributed by atoms with Crippen molar-refractivity contribution >= 4 is 10.9 Å². The van der Waals surface area contributed by atoms with Crippen LogP contribution in [-0.2, 0) is 0 Å². The van der Waals surface area contributed by atoms with E-state index in [2.05, 4.69) is 4.98 Å². The van der Waals surface area contributed by atoms with E-state index in [1.54, 1.807) is 12.3 Å². The van der Waals surface area contributed by atoms with Gasteiger partial charge in [0, 0.05) is 6.20 Å². The Morgan fingerprint density at radius 1 is 1.08 bits per heavy atom. The topological polar surface area (TPSA) is 36.0 Å². The van der Waals surface area contributed by atoms with Crippen molar-refractivity contribution in [2.45, 2.75) is 0 Å². The summed E-state index contributed by atoms with van der Waals surface area (Å²) in [6.07, 6.45) is 1.63. The molecule has 0 N–H and O–H groups in total. The minimum absolute atomic E-state index is 0. The summed E-state index contributed by atoms with van der Waals surface area (Å²) in [5.41, 5.74) is 0.551. The second kappa shape index (κ2) is 3.90. The van der Waals surface area contributed by atoms with Crippen LogP contribution < -0.4 is 34.7 Å². The van der Waals surface area contributed by atoms with Crippen LogP contribution >= 0.6 is 0 Å². The van der Waals surface area contributed by atoms with Crippen LogP contribution in [0.5, 0.6) is 5.75 Å². The van der Waals surface area contributed by atoms with Crippen LogP contribution in [0.1, 0.15) is 0 Å². The SMILES string of the molecule is [Na+].[O-]c1cccc2cccnc12. The molecule has 0 amide bonds. The van der Waals surface area contributed by atoms with E-state index in [0.717, 1.165) is 5.39 Å². The van der Waals surface area contributed by atoms with Gasteiger partial charge in [-0.3, -0.25) is 4.98 Å². The maximum atomic E-state index is 11.1. The molecule has 2 aromatic rings. The average molecular weight is 167 g/mol. The molecular formula is C9H6NNaO. The zero-order valence-corrected chi connectivity index (χ0v) is 8.82. The Kier molecular flexibility index (Phi) is 3.09. The Balaban J connectivity index is 0.000000720. The number of aromatic nitrogens is 1. The first-order chi connectivity index (χ1) is 5.38. The minimum Gasteiger partial charge on any atom is -0.871 e. The molecule has 1 heterocycles. The van der Waals surface area contributed by atoms with Crippen molar-refractivity contribution in [3.05, 3.63) is 36.5 Å². The molecule has 0 fully saturated rings. The fraction of sp³-hybridized carbons (Fsp3) is 0. The van der Waals surface area contributed by atoms with Gasteiger partial charge in [-0.1, -0.05) is 30.0 Å². The van der Waals surface area contributed by atoms with Gasteiger partial charge in [-0.25, -0.2) is 0 Å². The number of para-hydroxylation sites is 1. The number of fused-ring (bicyclic) bond motifs is 1. The summed E-state index contributed by atoms with van der Waals surface area (Å²) in [6, 6.07) is 8.84. The first-order valence-corrected chi connectivity index (χ1v) is 3.39. The van der Waals surface area contributed by atoms with Gasteiger partial charge in [0.15, 0.2) is 0 Å². The number of pyridine rings is 1. The quantitative estimate of drug-likeness (QED) is 0.439. The van der Waals surface area contributed by atoms with Gasteiger partial charge < -0.3 is 5.11 Å². The van der Waals surface area contributed by atoms with Crippen molar-refractivity contribution < 1.29 is 34.7 Å². The van der Waals surface area contributed by atoms with E-state index in [0.29, 0.717) is 5.52 Å². The summed E-state index contributed by atoms with van der Waals surface area (Å²) in [4.78, 5) is 3.97. The Morgan fingerprint density at radius 3 is 2.58 bits per heavy atom. The van der Waals surface area contributed by atoms with E-state index < -0.39 is 0 Å². The largest absolute Gasteiger partial charge is 1.00 e. The van der Waals surface area contributed by atoms with Gasteiger partial charge in [0.1, 0.15) is 0 Å². The molecule has 0 saturated heterocycles. The van der Waals surface area contributed by atoms with E-state index in [1.807, 2.05) is 18.2 Å². The average Bonchev–Trinajstić information content (AvgIpc) is 2.06. The first kappa shape index (κ1) is 9.52. The molecular weight excluding hydrogens is 161 g/mol. The fourth-order valence-corrected chi connectivity index (χ4v) is 1.08. The summed E-state index contributed by atoms with van der Waals surface area (Å²) >= 11 is 0. The molecule has 1 aromatic heterocycles. The Labute approximate surface area is 92.5 Å². The summed E-state index contributed by atoms with van der Waals surface area (Å²) in [5, 5.41) is 12.0. The molecule has 0 aliphatic carbocycles. The van der Waals surface area contributed by atoms with Crippen molar-refractivity contribution in [2.75, 3.05) is 0 Å². The molecule has 3 heteroatoms. The van der Waals surface area contributed by atoms with Crippen molar-refractivity contribution in [1.82, 2.24) is 4.98 Å². The molecule has 1 aromatic carbocycles. The van der Waals surface area contributed by atoms with Crippen molar-refractivity contribution in [2.24, 2.45) is 0 Å². The maximum absolute atomic E-state index is 11.1. The normalized spacial score (nSPS) is 9.33. The molecule has 2 rings (SSSR count). The Morgan fingerprint density at radius 2 is 1.83 bits per heavy atom. The summed E-state index contributed by atoms with van der Waals surface area (Å²) in [5.74, 6) is -0.0110. The Hall–Kier alpha value is -0.570. The van der Waals surface area contributed by atoms with Crippen molar-refractivity contribution in [3.8, 4) is 5.75 Å². The number of benzene rings is 1. The molecule has 54 valence electrons. The standard InChI is InChI=1S/C9H7NO.Na/c11-8-5-1-3-7-4-2-6-10-9(7)8;/h1-6,11H;/q;+1/p-1. The van der Waals surface area contributed by atoms with Crippen molar-refractivity contribution in [3.63, 3.8) is 0 Å². The van der Waals surface area contributed by atoms with E-state index in [9.17, 15) is 5.11 Å². The number of hydrogen-bond acceptors (Lipinski definition) is 2. The second-order valence-electron chi connectivity index (χ2n) is 2.33. The molecule has 0 aliphatic heterocycles. The third-order valence-electron chi connectivity index (χ3n) is 1.60. The van der Waals surface area contributed by atoms with E-state index >= 15 is 0 Å². The van der Waals surface area contributed by atoms with E-state index in [-0.39, 0.29) is 35.3 Å². The summed E-state index contributed by atoms with van der Waals surface area (Å²) in [6.45, 7) is 0. The van der Waals surface area contributed by atoms with Gasteiger partial charge in [0.05, 0.1) is 5.52 Å². The third-order valence-corrected chi connectivity index (χ3v) is 1.60. The number of hydrogen-bond donors (Lipinski definition) is 0. The molecule has 0 bridgehead atoms. The first-order valence-electron chi connectivity index (χ1n) is 3.39. The molecule has 2 nitrogen and oxygen atoms in total. The predicted octanol–water partition coefficient (Wildman–Crippen LogP) is -1.69. The third kappa shape index (κ3) is 1.61. The monoisotopic (exact) mass is 167 g/mol. The van der Waals surface area contributed by atoms with Crippen LogP contribution in [0.15, 0.2) is 36.5 Å². The predicted molar refractivity (Wildman–Crippen MR) is 41.2 cm³/mol. The van der Waals surface area contributed by atoms with Gasteiger partial charge >= 0.3 is 29.6 Å². The minimum atomic E-state index is -0.0110. The van der Waals surface area contributed by atoms with E-state index in [4.69, 9.17) is 0 Å². The van der Waals surface area contributed by atoms with Crippen LogP contribution in [-0.4, -0.2) is 4.98 Å². The summed E-state index contributed by atoms with van der Waals surface area (Å²) < 4.78 is 0. The van der Waals surface area contributed by atoms with Crippen LogP contribution in [0.2, 0.25) is 0 Å². The van der Waals surface area contributed by atoms with Gasteiger partial charge in [-0.15, -0.1) is 0 Å². The molecule has 0 radical (unpaired) electrons. The fourth-order valence-electron chi connectivity index (χ4n) is 1.08. The van der Waals surface area contributed by atoms with Crippen LogP contribution in [0.25, 0.3) is 10.9 Å². The van der Waals surface area contributed by atoms with Gasteiger partial charge in [0.25, 0.3) is 0 Å². The molecule has 0 spiro atoms. The van der Waals surface area contributed by atoms with Gasteiger partial charge in [0.2, 0.25) is 0 Å².